The Balaban J connectivity index is 1.88. The predicted molar refractivity (Wildman–Crippen MR) is 59.4 cm³/mol. The van der Waals surface area contributed by atoms with Crippen molar-refractivity contribution in [3.63, 3.8) is 0 Å². The van der Waals surface area contributed by atoms with Crippen molar-refractivity contribution in [1.29, 1.82) is 0 Å². The molecule has 0 aliphatic heterocycles. The van der Waals surface area contributed by atoms with Crippen LogP contribution in [0.25, 0.3) is 0 Å². The molecule has 2 heteroatoms. The van der Waals surface area contributed by atoms with Crippen molar-refractivity contribution < 1.29 is 9.53 Å². The molecule has 86 valence electrons. The van der Waals surface area contributed by atoms with Crippen molar-refractivity contribution in [2.45, 2.75) is 58.5 Å². The zero-order valence-corrected chi connectivity index (χ0v) is 10.1. The molecule has 0 radical (unpaired) electrons. The van der Waals surface area contributed by atoms with Gasteiger partial charge in [0.2, 0.25) is 0 Å². The Morgan fingerprint density at radius 1 is 1.20 bits per heavy atom. The van der Waals surface area contributed by atoms with E-state index < -0.39 is 0 Å². The van der Waals surface area contributed by atoms with Crippen LogP contribution in [0.15, 0.2) is 0 Å². The molecule has 0 aromatic carbocycles. The van der Waals surface area contributed by atoms with Crippen molar-refractivity contribution in [3.05, 3.63) is 0 Å². The van der Waals surface area contributed by atoms with E-state index in [4.69, 9.17) is 4.74 Å². The van der Waals surface area contributed by atoms with Crippen molar-refractivity contribution >= 4 is 5.97 Å². The maximum atomic E-state index is 11.9. The number of carbonyl (C=O) groups is 1. The zero-order chi connectivity index (χ0) is 11.1. The lowest BCUT2D eigenvalue weighted by molar-refractivity contribution is -0.171. The van der Waals surface area contributed by atoms with Gasteiger partial charge in [-0.15, -0.1) is 0 Å². The fraction of sp³-hybridized carbons (Fsp3) is 0.923. The molecule has 3 atom stereocenters. The number of fused-ring (bicyclic) bond motifs is 1. The molecule has 0 N–H and O–H groups in total. The van der Waals surface area contributed by atoms with Gasteiger partial charge >= 0.3 is 5.97 Å². The summed E-state index contributed by atoms with van der Waals surface area (Å²) < 4.78 is 5.45. The molecule has 2 nitrogen and oxygen atoms in total. The minimum Gasteiger partial charge on any atom is -0.460 e. The molecule has 15 heavy (non-hydrogen) atoms. The Kier molecular flexibility index (Phi) is 2.78. The molecule has 0 spiro atoms. The summed E-state index contributed by atoms with van der Waals surface area (Å²) in [5.41, 5.74) is -0.323. The highest BCUT2D eigenvalue weighted by Crippen LogP contribution is 2.49. The van der Waals surface area contributed by atoms with E-state index in [0.29, 0.717) is 5.92 Å². The van der Waals surface area contributed by atoms with Crippen LogP contribution in [-0.4, -0.2) is 11.6 Å². The molecule has 0 amide bonds. The maximum absolute atomic E-state index is 11.9. The van der Waals surface area contributed by atoms with Gasteiger partial charge in [-0.3, -0.25) is 4.79 Å². The van der Waals surface area contributed by atoms with E-state index in [0.717, 1.165) is 12.3 Å². The molecule has 0 bridgehead atoms. The topological polar surface area (TPSA) is 26.3 Å². The second kappa shape index (κ2) is 3.80. The van der Waals surface area contributed by atoms with Crippen LogP contribution in [0.5, 0.6) is 0 Å². The molecule has 2 fully saturated rings. The molecule has 0 unspecified atom stereocenters. The fourth-order valence-electron chi connectivity index (χ4n) is 3.01. The van der Waals surface area contributed by atoms with Crippen molar-refractivity contribution in [2.24, 2.45) is 17.8 Å². The average Bonchev–Trinajstić information content (AvgIpc) is 2.03. The molecule has 0 saturated heterocycles. The van der Waals surface area contributed by atoms with Crippen LogP contribution in [0.1, 0.15) is 52.9 Å². The first kappa shape index (κ1) is 11.0. The van der Waals surface area contributed by atoms with Crippen LogP contribution >= 0.6 is 0 Å². The fourth-order valence-corrected chi connectivity index (χ4v) is 3.01. The minimum absolute atomic E-state index is 0.0469. The van der Waals surface area contributed by atoms with E-state index in [2.05, 4.69) is 0 Å². The van der Waals surface area contributed by atoms with Gasteiger partial charge in [0.15, 0.2) is 0 Å². The highest BCUT2D eigenvalue weighted by atomic mass is 16.6. The first-order valence-electron chi connectivity index (χ1n) is 6.20. The third-order valence-electron chi connectivity index (χ3n) is 3.75. The van der Waals surface area contributed by atoms with Gasteiger partial charge < -0.3 is 4.74 Å². The predicted octanol–water partition coefficient (Wildman–Crippen LogP) is 3.15. The third kappa shape index (κ3) is 2.35. The number of carbonyl (C=O) groups excluding carboxylic acids is 1. The lowest BCUT2D eigenvalue weighted by atomic mass is 9.58. The van der Waals surface area contributed by atoms with Gasteiger partial charge in [-0.25, -0.2) is 0 Å². The summed E-state index contributed by atoms with van der Waals surface area (Å²) in [4.78, 5) is 11.9. The molecular weight excluding hydrogens is 188 g/mol. The summed E-state index contributed by atoms with van der Waals surface area (Å²) in [5.74, 6) is 1.74. The number of hydrogen-bond acceptors (Lipinski definition) is 2. The highest BCUT2D eigenvalue weighted by Gasteiger charge is 2.47. The SMILES string of the molecule is CC(C)(C)OC(=O)[C@H]1C[C@@H]2CCCC[C@@H]21. The van der Waals surface area contributed by atoms with Crippen LogP contribution in [0.3, 0.4) is 0 Å². The Hall–Kier alpha value is -0.530. The third-order valence-corrected chi connectivity index (χ3v) is 3.75. The van der Waals surface area contributed by atoms with Crippen LogP contribution < -0.4 is 0 Å². The van der Waals surface area contributed by atoms with E-state index in [1.807, 2.05) is 20.8 Å². The highest BCUT2D eigenvalue weighted by molar-refractivity contribution is 5.74. The largest absolute Gasteiger partial charge is 0.460 e. The van der Waals surface area contributed by atoms with Crippen molar-refractivity contribution in [2.75, 3.05) is 0 Å². The first-order chi connectivity index (χ1) is 6.97. The molecule has 0 aromatic rings. The second-order valence-corrected chi connectivity index (χ2v) is 6.08. The maximum Gasteiger partial charge on any atom is 0.309 e. The van der Waals surface area contributed by atoms with Crippen LogP contribution in [-0.2, 0) is 9.53 Å². The summed E-state index contributed by atoms with van der Waals surface area (Å²) in [6, 6.07) is 0. The monoisotopic (exact) mass is 210 g/mol. The molecule has 0 aromatic heterocycles. The van der Waals surface area contributed by atoms with Gasteiger partial charge in [0.05, 0.1) is 5.92 Å². The second-order valence-electron chi connectivity index (χ2n) is 6.08. The average molecular weight is 210 g/mol. The quantitative estimate of drug-likeness (QED) is 0.621. The Labute approximate surface area is 92.4 Å². The lowest BCUT2D eigenvalue weighted by Gasteiger charge is -2.47. The molecule has 2 aliphatic rings. The lowest BCUT2D eigenvalue weighted by Crippen LogP contribution is -2.45. The van der Waals surface area contributed by atoms with E-state index in [9.17, 15) is 4.79 Å². The van der Waals surface area contributed by atoms with Crippen molar-refractivity contribution in [1.82, 2.24) is 0 Å². The first-order valence-corrected chi connectivity index (χ1v) is 6.20. The van der Waals surface area contributed by atoms with E-state index in [1.165, 1.54) is 25.7 Å². The summed E-state index contributed by atoms with van der Waals surface area (Å²) >= 11 is 0. The number of ether oxygens (including phenoxy) is 1. The zero-order valence-electron chi connectivity index (χ0n) is 10.1. The molecular formula is C13H22O2. The smallest absolute Gasteiger partial charge is 0.309 e. The summed E-state index contributed by atoms with van der Waals surface area (Å²) in [5, 5.41) is 0. The van der Waals surface area contributed by atoms with Gasteiger partial charge in [0, 0.05) is 0 Å². The van der Waals surface area contributed by atoms with Gasteiger partial charge in [0.25, 0.3) is 0 Å². The van der Waals surface area contributed by atoms with E-state index in [-0.39, 0.29) is 17.5 Å². The van der Waals surface area contributed by atoms with Crippen LogP contribution in [0.4, 0.5) is 0 Å². The van der Waals surface area contributed by atoms with Gasteiger partial charge in [-0.05, 0) is 45.4 Å². The van der Waals surface area contributed by atoms with Crippen LogP contribution in [0.2, 0.25) is 0 Å². The van der Waals surface area contributed by atoms with Gasteiger partial charge in [-0.1, -0.05) is 19.3 Å². The standard InChI is InChI=1S/C13H22O2/c1-13(2,3)15-12(14)11-8-9-6-4-5-7-10(9)11/h9-11H,4-8H2,1-3H3/t9-,10-,11-/m0/s1. The number of rotatable bonds is 1. The normalized spacial score (nSPS) is 35.3. The minimum atomic E-state index is -0.323. The van der Waals surface area contributed by atoms with Crippen molar-refractivity contribution in [3.8, 4) is 0 Å². The number of hydrogen-bond donors (Lipinski definition) is 0. The van der Waals surface area contributed by atoms with Gasteiger partial charge in [-0.2, -0.15) is 0 Å². The number of esters is 1. The Morgan fingerprint density at radius 2 is 1.87 bits per heavy atom. The Morgan fingerprint density at radius 3 is 2.47 bits per heavy atom. The van der Waals surface area contributed by atoms with E-state index >= 15 is 0 Å². The molecule has 0 heterocycles. The summed E-state index contributed by atoms with van der Waals surface area (Å²) in [6.45, 7) is 5.84. The molecule has 2 aliphatic carbocycles. The van der Waals surface area contributed by atoms with E-state index in [1.54, 1.807) is 0 Å². The van der Waals surface area contributed by atoms with Crippen LogP contribution in [0, 0.1) is 17.8 Å². The summed E-state index contributed by atoms with van der Waals surface area (Å²) in [7, 11) is 0. The Bertz CT molecular complexity index is 252. The molecule has 2 saturated carbocycles. The summed E-state index contributed by atoms with van der Waals surface area (Å²) in [6.07, 6.45) is 6.33. The van der Waals surface area contributed by atoms with Gasteiger partial charge in [0.1, 0.15) is 5.60 Å². The molecule has 2 rings (SSSR count).